The molecule has 7 nitrogen and oxygen atoms in total. The predicted octanol–water partition coefficient (Wildman–Crippen LogP) is 7.84. The molecule has 0 saturated heterocycles. The minimum Gasteiger partial charge on any atom is -0.396 e. The van der Waals surface area contributed by atoms with Crippen molar-refractivity contribution in [1.29, 1.82) is 0 Å². The van der Waals surface area contributed by atoms with Crippen LogP contribution in [0, 0.1) is 50.2 Å². The minimum absolute atomic E-state index is 0.0197. The SMILES string of the molecule is CC1(C)CC[C@]2(C(=O)NCc3cn(Cc4ccccc4Br)nn3)CC[C@]3(C)C(=CC[C@@H]4[C@@]5(C)CC[C@H](O)[C@@](C)(CO)[C@@H]5CC[C@]43C)[C@@H]2C1. The van der Waals surface area contributed by atoms with Gasteiger partial charge in [-0.2, -0.15) is 0 Å². The van der Waals surface area contributed by atoms with E-state index in [0.717, 1.165) is 79.9 Å². The lowest BCUT2D eigenvalue weighted by atomic mass is 9.33. The smallest absolute Gasteiger partial charge is 0.227 e. The van der Waals surface area contributed by atoms with Crippen LogP contribution in [0.3, 0.4) is 0 Å². The molecule has 0 unspecified atom stereocenters. The number of fused-ring (bicyclic) bond motifs is 7. The summed E-state index contributed by atoms with van der Waals surface area (Å²) >= 11 is 3.63. The molecule has 0 radical (unpaired) electrons. The van der Waals surface area contributed by atoms with Gasteiger partial charge in [-0.05, 0) is 115 Å². The average molecular weight is 722 g/mol. The molecule has 1 aromatic carbocycles. The van der Waals surface area contributed by atoms with Gasteiger partial charge in [0.15, 0.2) is 0 Å². The number of rotatable bonds is 6. The summed E-state index contributed by atoms with van der Waals surface area (Å²) in [7, 11) is 0. The molecule has 5 aliphatic carbocycles. The quantitative estimate of drug-likeness (QED) is 0.264. The normalized spacial score (nSPS) is 41.6. The lowest BCUT2D eigenvalue weighted by Crippen LogP contribution is -2.66. The van der Waals surface area contributed by atoms with Crippen LogP contribution in [0.15, 0.2) is 46.6 Å². The van der Waals surface area contributed by atoms with Gasteiger partial charge in [0.1, 0.15) is 5.69 Å². The van der Waals surface area contributed by atoms with E-state index in [-0.39, 0.29) is 40.1 Å². The summed E-state index contributed by atoms with van der Waals surface area (Å²) in [4.78, 5) is 14.5. The van der Waals surface area contributed by atoms with E-state index in [1.54, 1.807) is 5.57 Å². The van der Waals surface area contributed by atoms with Crippen molar-refractivity contribution in [2.75, 3.05) is 6.61 Å². The highest BCUT2D eigenvalue weighted by molar-refractivity contribution is 9.10. The number of nitrogens with one attached hydrogen (secondary N) is 1. The molecule has 7 rings (SSSR count). The van der Waals surface area contributed by atoms with E-state index in [1.807, 2.05) is 29.1 Å². The standard InChI is InChI=1S/C40H57BrN4O3/c1-35(2)17-19-40(34(48)42-22-27-24-45(44-43-27)23-26-9-7-8-10-30(26)41)20-18-38(5)28(29(40)21-35)11-12-32-36(3)15-14-33(47)37(4,25-46)31(36)13-16-39(32,38)6/h7-11,24,29,31-33,46-47H,12-23,25H2,1-6H3,(H,42,48)/t29-,31+,32+,33-,36-,37-,38+,39+,40-/m0/s1. The number of allylic oxidation sites excluding steroid dienone is 2. The van der Waals surface area contributed by atoms with Crippen molar-refractivity contribution in [2.45, 2.75) is 125 Å². The van der Waals surface area contributed by atoms with E-state index in [0.29, 0.717) is 24.9 Å². The molecule has 48 heavy (non-hydrogen) atoms. The van der Waals surface area contributed by atoms with Crippen LogP contribution in [0.2, 0.25) is 0 Å². The molecule has 1 amide bonds. The molecule has 8 heteroatoms. The molecule has 2 aromatic rings. The Balaban J connectivity index is 1.16. The summed E-state index contributed by atoms with van der Waals surface area (Å²) in [6.45, 7) is 15.6. The molecule has 1 aromatic heterocycles. The van der Waals surface area contributed by atoms with E-state index in [1.165, 1.54) is 0 Å². The third kappa shape index (κ3) is 5.04. The van der Waals surface area contributed by atoms with Crippen molar-refractivity contribution in [3.8, 4) is 0 Å². The minimum atomic E-state index is -0.448. The summed E-state index contributed by atoms with van der Waals surface area (Å²) in [6.07, 6.45) is 14.0. The van der Waals surface area contributed by atoms with Gasteiger partial charge in [-0.15, -0.1) is 5.10 Å². The molecule has 4 saturated carbocycles. The number of halogens is 1. The summed E-state index contributed by atoms with van der Waals surface area (Å²) in [5.41, 5.74) is 3.01. The number of aromatic nitrogens is 3. The lowest BCUT2D eigenvalue weighted by molar-refractivity contribution is -0.215. The van der Waals surface area contributed by atoms with Crippen molar-refractivity contribution in [3.63, 3.8) is 0 Å². The topological polar surface area (TPSA) is 100 Å². The predicted molar refractivity (Wildman–Crippen MR) is 192 cm³/mol. The summed E-state index contributed by atoms with van der Waals surface area (Å²) in [5.74, 6) is 1.22. The summed E-state index contributed by atoms with van der Waals surface area (Å²) < 4.78 is 2.89. The number of hydrogen-bond donors (Lipinski definition) is 3. The first-order chi connectivity index (χ1) is 22.6. The van der Waals surface area contributed by atoms with Gasteiger partial charge < -0.3 is 15.5 Å². The van der Waals surface area contributed by atoms with Crippen LogP contribution in [0.5, 0.6) is 0 Å². The molecule has 4 fully saturated rings. The molecule has 5 aliphatic rings. The van der Waals surface area contributed by atoms with Gasteiger partial charge >= 0.3 is 0 Å². The zero-order valence-corrected chi connectivity index (χ0v) is 31.6. The van der Waals surface area contributed by atoms with Crippen LogP contribution in [0.25, 0.3) is 0 Å². The van der Waals surface area contributed by atoms with Gasteiger partial charge in [0.2, 0.25) is 5.91 Å². The molecule has 0 spiro atoms. The largest absolute Gasteiger partial charge is 0.396 e. The van der Waals surface area contributed by atoms with Crippen molar-refractivity contribution in [2.24, 2.45) is 50.2 Å². The van der Waals surface area contributed by atoms with Crippen LogP contribution in [-0.2, 0) is 17.9 Å². The second-order valence-corrected chi connectivity index (χ2v) is 19.1. The Morgan fingerprint density at radius 2 is 1.75 bits per heavy atom. The average Bonchev–Trinajstić information content (AvgIpc) is 3.50. The van der Waals surface area contributed by atoms with Crippen LogP contribution in [-0.4, -0.2) is 43.8 Å². The third-order valence-corrected chi connectivity index (χ3v) is 16.3. The van der Waals surface area contributed by atoms with Crippen molar-refractivity contribution < 1.29 is 15.0 Å². The second kappa shape index (κ2) is 11.8. The highest BCUT2D eigenvalue weighted by atomic mass is 79.9. The Bertz CT molecular complexity index is 1600. The lowest BCUT2D eigenvalue weighted by Gasteiger charge is -2.71. The third-order valence-electron chi connectivity index (χ3n) is 15.5. The highest BCUT2D eigenvalue weighted by Gasteiger charge is 2.69. The molecular weight excluding hydrogens is 664 g/mol. The fourth-order valence-corrected chi connectivity index (χ4v) is 12.7. The maximum absolute atomic E-state index is 14.5. The number of hydrogen-bond acceptors (Lipinski definition) is 5. The Morgan fingerprint density at radius 1 is 1.00 bits per heavy atom. The van der Waals surface area contributed by atoms with Gasteiger partial charge in [-0.1, -0.05) is 92.5 Å². The van der Waals surface area contributed by atoms with E-state index >= 15 is 0 Å². The van der Waals surface area contributed by atoms with Crippen LogP contribution < -0.4 is 5.32 Å². The number of carbonyl (C=O) groups is 1. The molecule has 262 valence electrons. The number of carbonyl (C=O) groups excluding carboxylic acids is 1. The molecule has 0 aliphatic heterocycles. The van der Waals surface area contributed by atoms with E-state index in [2.05, 4.69) is 85.2 Å². The van der Waals surface area contributed by atoms with Gasteiger partial charge in [-0.3, -0.25) is 4.79 Å². The monoisotopic (exact) mass is 720 g/mol. The van der Waals surface area contributed by atoms with E-state index in [9.17, 15) is 15.0 Å². The van der Waals surface area contributed by atoms with E-state index in [4.69, 9.17) is 0 Å². The zero-order chi connectivity index (χ0) is 34.3. The molecule has 0 bridgehead atoms. The highest BCUT2D eigenvalue weighted by Crippen LogP contribution is 2.75. The fraction of sp³-hybridized carbons (Fsp3) is 0.725. The van der Waals surface area contributed by atoms with Crippen LogP contribution in [0.1, 0.15) is 117 Å². The Labute approximate surface area is 295 Å². The van der Waals surface area contributed by atoms with Crippen LogP contribution in [0.4, 0.5) is 0 Å². The second-order valence-electron chi connectivity index (χ2n) is 18.3. The van der Waals surface area contributed by atoms with Gasteiger partial charge in [0.25, 0.3) is 0 Å². The first-order valence-electron chi connectivity index (χ1n) is 18.5. The van der Waals surface area contributed by atoms with Gasteiger partial charge in [-0.25, -0.2) is 4.68 Å². The van der Waals surface area contributed by atoms with Crippen LogP contribution >= 0.6 is 15.9 Å². The Morgan fingerprint density at radius 3 is 2.50 bits per heavy atom. The van der Waals surface area contributed by atoms with Crippen molar-refractivity contribution in [1.82, 2.24) is 20.3 Å². The first kappa shape index (κ1) is 34.4. The van der Waals surface area contributed by atoms with Crippen molar-refractivity contribution in [3.05, 3.63) is 57.8 Å². The fourth-order valence-electron chi connectivity index (χ4n) is 12.3. The number of aliphatic hydroxyl groups is 2. The zero-order valence-electron chi connectivity index (χ0n) is 30.0. The van der Waals surface area contributed by atoms with E-state index < -0.39 is 16.9 Å². The number of nitrogens with zero attached hydrogens (tertiary/aromatic N) is 3. The maximum atomic E-state index is 14.5. The summed E-state index contributed by atoms with van der Waals surface area (Å²) in [5, 5.41) is 33.9. The number of benzene rings is 1. The number of amides is 1. The molecule has 9 atom stereocenters. The maximum Gasteiger partial charge on any atom is 0.227 e. The molecule has 1 heterocycles. The van der Waals surface area contributed by atoms with Gasteiger partial charge in [0, 0.05) is 9.89 Å². The Kier molecular flexibility index (Phi) is 8.44. The Hall–Kier alpha value is -2.03. The molecular formula is C40H57BrN4O3. The first-order valence-corrected chi connectivity index (χ1v) is 19.3. The van der Waals surface area contributed by atoms with Gasteiger partial charge in [0.05, 0.1) is 37.4 Å². The summed E-state index contributed by atoms with van der Waals surface area (Å²) in [6, 6.07) is 8.14. The van der Waals surface area contributed by atoms with Crippen molar-refractivity contribution >= 4 is 21.8 Å². The molecule has 3 N–H and O–H groups in total. The number of aliphatic hydroxyl groups excluding tert-OH is 2.